The van der Waals surface area contributed by atoms with Crippen molar-refractivity contribution in [2.45, 2.75) is 20.8 Å². The Hall–Kier alpha value is -2.60. The summed E-state index contributed by atoms with van der Waals surface area (Å²) >= 11 is 6.09. The van der Waals surface area contributed by atoms with Gasteiger partial charge in [0, 0.05) is 36.6 Å². The summed E-state index contributed by atoms with van der Waals surface area (Å²) in [6.07, 6.45) is 2.88. The van der Waals surface area contributed by atoms with E-state index < -0.39 is 0 Å². The predicted molar refractivity (Wildman–Crippen MR) is 102 cm³/mol. The van der Waals surface area contributed by atoms with E-state index in [2.05, 4.69) is 10.3 Å². The Morgan fingerprint density at radius 1 is 1.15 bits per heavy atom. The van der Waals surface area contributed by atoms with Crippen molar-refractivity contribution in [3.63, 3.8) is 0 Å². The smallest absolute Gasteiger partial charge is 0.257 e. The summed E-state index contributed by atoms with van der Waals surface area (Å²) in [5.41, 5.74) is 1.98. The number of halogens is 1. The topological polar surface area (TPSA) is 71.5 Å². The molecule has 6 nitrogen and oxygen atoms in total. The summed E-state index contributed by atoms with van der Waals surface area (Å²) in [6, 6.07) is 4.92. The van der Waals surface area contributed by atoms with Crippen LogP contribution in [-0.2, 0) is 0 Å². The van der Waals surface area contributed by atoms with Gasteiger partial charge in [0.15, 0.2) is 0 Å². The second kappa shape index (κ2) is 8.67. The van der Waals surface area contributed by atoms with Crippen LogP contribution in [0.25, 0.3) is 0 Å². The molecule has 7 heteroatoms. The normalized spacial score (nSPS) is 10.3. The molecular formula is C19H22ClN3O3. The van der Waals surface area contributed by atoms with Gasteiger partial charge in [-0.15, -0.1) is 0 Å². The van der Waals surface area contributed by atoms with E-state index in [1.54, 1.807) is 17.0 Å². The molecule has 1 N–H and O–H groups in total. The number of benzene rings is 1. The summed E-state index contributed by atoms with van der Waals surface area (Å²) in [7, 11) is 1.50. The number of ether oxygens (including phenoxy) is 1. The summed E-state index contributed by atoms with van der Waals surface area (Å²) in [5, 5.41) is 3.33. The molecule has 0 saturated carbocycles. The minimum atomic E-state index is -0.383. The molecule has 26 heavy (non-hydrogen) atoms. The molecule has 2 aromatic rings. The third-order valence-corrected chi connectivity index (χ3v) is 4.43. The number of anilines is 1. The van der Waals surface area contributed by atoms with Crippen LogP contribution in [0.5, 0.6) is 5.75 Å². The van der Waals surface area contributed by atoms with Crippen molar-refractivity contribution in [2.75, 3.05) is 25.5 Å². The van der Waals surface area contributed by atoms with Crippen molar-refractivity contribution < 1.29 is 14.3 Å². The summed E-state index contributed by atoms with van der Waals surface area (Å²) in [4.78, 5) is 30.7. The van der Waals surface area contributed by atoms with Crippen molar-refractivity contribution >= 4 is 29.1 Å². The third kappa shape index (κ3) is 4.32. The molecule has 0 aliphatic rings. The lowest BCUT2D eigenvalue weighted by atomic mass is 10.1. The Morgan fingerprint density at radius 3 is 2.42 bits per heavy atom. The van der Waals surface area contributed by atoms with Gasteiger partial charge in [-0.2, -0.15) is 0 Å². The van der Waals surface area contributed by atoms with E-state index in [1.807, 2.05) is 20.8 Å². The zero-order valence-corrected chi connectivity index (χ0v) is 16.1. The minimum absolute atomic E-state index is 0.155. The molecule has 1 heterocycles. The molecule has 1 aromatic carbocycles. The maximum Gasteiger partial charge on any atom is 0.257 e. The number of rotatable bonds is 6. The lowest BCUT2D eigenvalue weighted by molar-refractivity contribution is 0.0772. The van der Waals surface area contributed by atoms with Crippen molar-refractivity contribution in [1.29, 1.82) is 0 Å². The summed E-state index contributed by atoms with van der Waals surface area (Å²) in [5.74, 6) is -0.0823. The second-order valence-corrected chi connectivity index (χ2v) is 6.10. The number of amides is 2. The van der Waals surface area contributed by atoms with E-state index in [9.17, 15) is 9.59 Å². The lowest BCUT2D eigenvalue weighted by Gasteiger charge is -2.18. The molecule has 138 valence electrons. The first-order chi connectivity index (χ1) is 12.4. The standard InChI is InChI=1S/C19H22ClN3O3/c1-5-23(6-2)19(25)14-8-13(10-21-11-14)18(24)22-16-7-12(3)15(20)9-17(16)26-4/h7-11H,5-6H2,1-4H3,(H,22,24). The fraction of sp³-hybridized carbons (Fsp3) is 0.316. The van der Waals surface area contributed by atoms with Gasteiger partial charge in [0.2, 0.25) is 0 Å². The number of carbonyl (C=O) groups excluding carboxylic acids is 2. The Kier molecular flexibility index (Phi) is 6.58. The molecule has 2 amide bonds. The number of hydrogen-bond acceptors (Lipinski definition) is 4. The number of nitrogens with one attached hydrogen (secondary N) is 1. The first-order valence-corrected chi connectivity index (χ1v) is 8.68. The highest BCUT2D eigenvalue weighted by atomic mass is 35.5. The fourth-order valence-corrected chi connectivity index (χ4v) is 2.65. The van der Waals surface area contributed by atoms with Gasteiger partial charge in [-0.1, -0.05) is 11.6 Å². The van der Waals surface area contributed by atoms with Gasteiger partial charge in [-0.3, -0.25) is 14.6 Å². The lowest BCUT2D eigenvalue weighted by Crippen LogP contribution is -2.30. The molecule has 0 fully saturated rings. The monoisotopic (exact) mass is 375 g/mol. The van der Waals surface area contributed by atoms with Gasteiger partial charge in [-0.25, -0.2) is 0 Å². The van der Waals surface area contributed by atoms with Crippen LogP contribution in [0.4, 0.5) is 5.69 Å². The fourth-order valence-electron chi connectivity index (χ4n) is 2.50. The first-order valence-electron chi connectivity index (χ1n) is 8.31. The number of aryl methyl sites for hydroxylation is 1. The Bertz CT molecular complexity index is 820. The molecule has 0 spiro atoms. The van der Waals surface area contributed by atoms with Crippen LogP contribution in [0.1, 0.15) is 40.1 Å². The van der Waals surface area contributed by atoms with Crippen LogP contribution >= 0.6 is 11.6 Å². The van der Waals surface area contributed by atoms with Gasteiger partial charge >= 0.3 is 0 Å². The van der Waals surface area contributed by atoms with Crippen LogP contribution in [0.2, 0.25) is 5.02 Å². The van der Waals surface area contributed by atoms with Crippen LogP contribution < -0.4 is 10.1 Å². The minimum Gasteiger partial charge on any atom is -0.495 e. The maximum absolute atomic E-state index is 12.6. The van der Waals surface area contributed by atoms with E-state index in [4.69, 9.17) is 16.3 Å². The van der Waals surface area contributed by atoms with Crippen LogP contribution in [0, 0.1) is 6.92 Å². The third-order valence-electron chi connectivity index (χ3n) is 4.03. The van der Waals surface area contributed by atoms with Gasteiger partial charge < -0.3 is 15.0 Å². The van der Waals surface area contributed by atoms with E-state index in [0.29, 0.717) is 35.1 Å². The zero-order chi connectivity index (χ0) is 19.3. The molecule has 1 aromatic heterocycles. The molecule has 0 radical (unpaired) electrons. The van der Waals surface area contributed by atoms with Gasteiger partial charge in [0.05, 0.1) is 23.9 Å². The average molecular weight is 376 g/mol. The van der Waals surface area contributed by atoms with Crippen molar-refractivity contribution in [3.05, 3.63) is 52.3 Å². The van der Waals surface area contributed by atoms with E-state index in [-0.39, 0.29) is 17.4 Å². The van der Waals surface area contributed by atoms with Crippen LogP contribution in [0.15, 0.2) is 30.6 Å². The van der Waals surface area contributed by atoms with Crippen LogP contribution in [0.3, 0.4) is 0 Å². The molecular weight excluding hydrogens is 354 g/mol. The highest BCUT2D eigenvalue weighted by Gasteiger charge is 2.17. The molecule has 2 rings (SSSR count). The number of nitrogens with zero attached hydrogens (tertiary/aromatic N) is 2. The Labute approximate surface area is 158 Å². The summed E-state index contributed by atoms with van der Waals surface area (Å²) in [6.45, 7) is 6.82. The van der Waals surface area contributed by atoms with Crippen molar-refractivity contribution in [1.82, 2.24) is 9.88 Å². The number of hydrogen-bond donors (Lipinski definition) is 1. The number of carbonyl (C=O) groups is 2. The molecule has 0 atom stereocenters. The highest BCUT2D eigenvalue weighted by Crippen LogP contribution is 2.31. The van der Waals surface area contributed by atoms with E-state index >= 15 is 0 Å². The molecule has 0 aliphatic heterocycles. The predicted octanol–water partition coefficient (Wildman–Crippen LogP) is 3.79. The number of pyridine rings is 1. The largest absolute Gasteiger partial charge is 0.495 e. The van der Waals surface area contributed by atoms with Gasteiger partial charge in [-0.05, 0) is 38.5 Å². The maximum atomic E-state index is 12.6. The zero-order valence-electron chi connectivity index (χ0n) is 15.3. The van der Waals surface area contributed by atoms with Crippen LogP contribution in [-0.4, -0.2) is 41.9 Å². The molecule has 0 unspecified atom stereocenters. The second-order valence-electron chi connectivity index (χ2n) is 5.70. The van der Waals surface area contributed by atoms with Crippen molar-refractivity contribution in [2.24, 2.45) is 0 Å². The number of aromatic nitrogens is 1. The highest BCUT2D eigenvalue weighted by molar-refractivity contribution is 6.31. The molecule has 0 aliphatic carbocycles. The van der Waals surface area contributed by atoms with Crippen molar-refractivity contribution in [3.8, 4) is 5.75 Å². The quantitative estimate of drug-likeness (QED) is 0.833. The van der Waals surface area contributed by atoms with Gasteiger partial charge in [0.25, 0.3) is 11.8 Å². The van der Waals surface area contributed by atoms with E-state index in [1.165, 1.54) is 25.6 Å². The van der Waals surface area contributed by atoms with E-state index in [0.717, 1.165) is 5.56 Å². The molecule has 0 bridgehead atoms. The average Bonchev–Trinajstić information content (AvgIpc) is 2.65. The number of methoxy groups -OCH3 is 1. The first kappa shape index (κ1) is 19.7. The SMILES string of the molecule is CCN(CC)C(=O)c1cncc(C(=O)Nc2cc(C)c(Cl)cc2OC)c1. The Morgan fingerprint density at radius 2 is 1.81 bits per heavy atom. The Balaban J connectivity index is 2.27. The molecule has 0 saturated heterocycles. The van der Waals surface area contributed by atoms with Gasteiger partial charge in [0.1, 0.15) is 5.75 Å². The summed E-state index contributed by atoms with van der Waals surface area (Å²) < 4.78 is 5.26.